The first-order chi connectivity index (χ1) is 10.1. The van der Waals surface area contributed by atoms with Gasteiger partial charge in [-0.05, 0) is 38.5 Å². The molecule has 0 bridgehead atoms. The predicted molar refractivity (Wildman–Crippen MR) is 85.3 cm³/mol. The fourth-order valence-corrected chi connectivity index (χ4v) is 2.44. The van der Waals surface area contributed by atoms with E-state index in [1.54, 1.807) is 6.07 Å². The van der Waals surface area contributed by atoms with Gasteiger partial charge in [-0.2, -0.15) is 0 Å². The fraction of sp³-hybridized carbons (Fsp3) is 0.375. The molecule has 3 nitrogen and oxygen atoms in total. The number of hydrogen-bond acceptors (Lipinski definition) is 3. The van der Waals surface area contributed by atoms with E-state index < -0.39 is 0 Å². The maximum Gasteiger partial charge on any atom is 0.133 e. The molecule has 1 aromatic carbocycles. The predicted octanol–water partition coefficient (Wildman–Crippen LogP) is 4.63. The zero-order valence-corrected chi connectivity index (χ0v) is 13.3. The lowest BCUT2D eigenvalue weighted by Gasteiger charge is -2.14. The van der Waals surface area contributed by atoms with Crippen molar-refractivity contribution < 1.29 is 4.39 Å². The molecule has 1 N–H and O–H groups in total. The van der Waals surface area contributed by atoms with Crippen LogP contribution in [0.1, 0.15) is 31.7 Å². The van der Waals surface area contributed by atoms with Crippen LogP contribution in [0.4, 0.5) is 10.2 Å². The molecule has 0 saturated carbocycles. The topological polar surface area (TPSA) is 37.8 Å². The highest BCUT2D eigenvalue weighted by atomic mass is 35.5. The minimum atomic E-state index is -0.351. The number of nitrogens with zero attached hydrogens (tertiary/aromatic N) is 2. The summed E-state index contributed by atoms with van der Waals surface area (Å²) in [6.45, 7) is 6.83. The summed E-state index contributed by atoms with van der Waals surface area (Å²) >= 11 is 6.17. The van der Waals surface area contributed by atoms with Crippen molar-refractivity contribution >= 4 is 17.4 Å². The van der Waals surface area contributed by atoms with Crippen LogP contribution < -0.4 is 5.32 Å². The Morgan fingerprint density at radius 1 is 1.24 bits per heavy atom. The maximum absolute atomic E-state index is 13.2. The summed E-state index contributed by atoms with van der Waals surface area (Å²) in [4.78, 5) is 9.15. The number of aryl methyl sites for hydroxylation is 1. The number of anilines is 1. The Morgan fingerprint density at radius 2 is 2.00 bits per heavy atom. The molecule has 0 amide bonds. The summed E-state index contributed by atoms with van der Waals surface area (Å²) in [7, 11) is 0. The van der Waals surface area contributed by atoms with Crippen molar-refractivity contribution in [3.8, 4) is 11.3 Å². The van der Waals surface area contributed by atoms with Crippen LogP contribution in [0.3, 0.4) is 0 Å². The summed E-state index contributed by atoms with van der Waals surface area (Å²) in [5, 5.41) is 3.61. The minimum absolute atomic E-state index is 0.351. The quantitative estimate of drug-likeness (QED) is 0.875. The number of aromatic nitrogens is 2. The zero-order valence-electron chi connectivity index (χ0n) is 12.5. The highest BCUT2D eigenvalue weighted by Crippen LogP contribution is 2.32. The van der Waals surface area contributed by atoms with Crippen LogP contribution in [-0.4, -0.2) is 16.5 Å². The van der Waals surface area contributed by atoms with Crippen LogP contribution in [0.25, 0.3) is 11.3 Å². The van der Waals surface area contributed by atoms with Gasteiger partial charge in [-0.1, -0.05) is 18.5 Å². The van der Waals surface area contributed by atoms with Crippen molar-refractivity contribution in [2.45, 2.75) is 33.6 Å². The average molecular weight is 308 g/mol. The van der Waals surface area contributed by atoms with Crippen molar-refractivity contribution in [1.82, 2.24) is 9.97 Å². The first-order valence-corrected chi connectivity index (χ1v) is 7.51. The molecule has 0 fully saturated rings. The summed E-state index contributed by atoms with van der Waals surface area (Å²) in [6, 6.07) is 4.37. The van der Waals surface area contributed by atoms with Crippen LogP contribution in [0.15, 0.2) is 18.2 Å². The molecule has 0 unspecified atom stereocenters. The third kappa shape index (κ3) is 3.50. The van der Waals surface area contributed by atoms with Crippen LogP contribution in [0, 0.1) is 12.7 Å². The van der Waals surface area contributed by atoms with Crippen molar-refractivity contribution in [3.63, 3.8) is 0 Å². The maximum atomic E-state index is 13.2. The van der Waals surface area contributed by atoms with E-state index in [2.05, 4.69) is 22.2 Å². The van der Waals surface area contributed by atoms with E-state index in [9.17, 15) is 4.39 Å². The van der Waals surface area contributed by atoms with Gasteiger partial charge in [-0.3, -0.25) is 0 Å². The van der Waals surface area contributed by atoms with Crippen LogP contribution in [-0.2, 0) is 6.42 Å². The third-order valence-corrected chi connectivity index (χ3v) is 3.51. The van der Waals surface area contributed by atoms with E-state index in [0.29, 0.717) is 5.02 Å². The number of rotatable bonds is 5. The smallest absolute Gasteiger partial charge is 0.133 e. The van der Waals surface area contributed by atoms with E-state index in [-0.39, 0.29) is 5.82 Å². The summed E-state index contributed by atoms with van der Waals surface area (Å²) in [5.41, 5.74) is 2.41. The van der Waals surface area contributed by atoms with Gasteiger partial charge in [0.05, 0.1) is 10.7 Å². The van der Waals surface area contributed by atoms with Gasteiger partial charge in [0.25, 0.3) is 0 Å². The standard InChI is InChI=1S/C16H19ClFN3/c1-4-6-14-20-15(10(3)16(21-14)19-5-2)12-8-7-11(18)9-13(12)17/h7-9H,4-6H2,1-3H3,(H,19,20,21). The molecular weight excluding hydrogens is 289 g/mol. The van der Waals surface area contributed by atoms with E-state index in [4.69, 9.17) is 11.6 Å². The monoisotopic (exact) mass is 307 g/mol. The highest BCUT2D eigenvalue weighted by molar-refractivity contribution is 6.33. The van der Waals surface area contributed by atoms with Crippen LogP contribution >= 0.6 is 11.6 Å². The van der Waals surface area contributed by atoms with E-state index in [1.165, 1.54) is 12.1 Å². The van der Waals surface area contributed by atoms with E-state index in [1.807, 2.05) is 13.8 Å². The minimum Gasteiger partial charge on any atom is -0.370 e. The molecule has 5 heteroatoms. The van der Waals surface area contributed by atoms with E-state index >= 15 is 0 Å². The molecule has 1 aromatic heterocycles. The molecule has 0 aliphatic carbocycles. The summed E-state index contributed by atoms with van der Waals surface area (Å²) in [6.07, 6.45) is 1.76. The molecule has 1 heterocycles. The lowest BCUT2D eigenvalue weighted by molar-refractivity contribution is 0.628. The normalized spacial score (nSPS) is 10.7. The molecule has 0 radical (unpaired) electrons. The van der Waals surface area contributed by atoms with Crippen molar-refractivity contribution in [1.29, 1.82) is 0 Å². The Labute approximate surface area is 129 Å². The highest BCUT2D eigenvalue weighted by Gasteiger charge is 2.14. The molecule has 21 heavy (non-hydrogen) atoms. The fourth-order valence-electron chi connectivity index (χ4n) is 2.18. The second-order valence-corrected chi connectivity index (χ2v) is 5.27. The Balaban J connectivity index is 2.60. The Bertz CT molecular complexity index is 644. The van der Waals surface area contributed by atoms with Gasteiger partial charge in [-0.15, -0.1) is 0 Å². The SMILES string of the molecule is CCCc1nc(NCC)c(C)c(-c2ccc(F)cc2Cl)n1. The average Bonchev–Trinajstić information content (AvgIpc) is 2.43. The van der Waals surface area contributed by atoms with Crippen molar-refractivity contribution in [3.05, 3.63) is 40.4 Å². The van der Waals surface area contributed by atoms with Crippen molar-refractivity contribution in [2.24, 2.45) is 0 Å². The third-order valence-electron chi connectivity index (χ3n) is 3.20. The van der Waals surface area contributed by atoms with Gasteiger partial charge >= 0.3 is 0 Å². The molecule has 2 rings (SSSR count). The summed E-state index contributed by atoms with van der Waals surface area (Å²) in [5.74, 6) is 1.23. The lowest BCUT2D eigenvalue weighted by atomic mass is 10.1. The Kier molecular flexibility index (Phi) is 5.12. The molecule has 112 valence electrons. The van der Waals surface area contributed by atoms with Gasteiger partial charge < -0.3 is 5.32 Å². The van der Waals surface area contributed by atoms with Crippen LogP contribution in [0.2, 0.25) is 5.02 Å². The second kappa shape index (κ2) is 6.85. The summed E-state index contributed by atoms with van der Waals surface area (Å²) < 4.78 is 13.2. The first kappa shape index (κ1) is 15.7. The van der Waals surface area contributed by atoms with E-state index in [0.717, 1.165) is 47.8 Å². The molecule has 0 atom stereocenters. The van der Waals surface area contributed by atoms with Gasteiger partial charge in [0.1, 0.15) is 17.5 Å². The Morgan fingerprint density at radius 3 is 2.62 bits per heavy atom. The molecule has 0 aliphatic rings. The van der Waals surface area contributed by atoms with Gasteiger partial charge in [-0.25, -0.2) is 14.4 Å². The number of hydrogen-bond donors (Lipinski definition) is 1. The number of halogens is 2. The van der Waals surface area contributed by atoms with Crippen molar-refractivity contribution in [2.75, 3.05) is 11.9 Å². The van der Waals surface area contributed by atoms with Gasteiger partial charge in [0.2, 0.25) is 0 Å². The Hall–Kier alpha value is -1.68. The van der Waals surface area contributed by atoms with Gasteiger partial charge in [0.15, 0.2) is 0 Å². The van der Waals surface area contributed by atoms with Gasteiger partial charge in [0, 0.05) is 24.1 Å². The number of benzene rings is 1. The lowest BCUT2D eigenvalue weighted by Crippen LogP contribution is -2.08. The molecule has 0 spiro atoms. The van der Waals surface area contributed by atoms with Crippen LogP contribution in [0.5, 0.6) is 0 Å². The number of nitrogens with one attached hydrogen (secondary N) is 1. The zero-order chi connectivity index (χ0) is 15.4. The molecular formula is C16H19ClFN3. The molecule has 2 aromatic rings. The largest absolute Gasteiger partial charge is 0.370 e. The first-order valence-electron chi connectivity index (χ1n) is 7.13. The second-order valence-electron chi connectivity index (χ2n) is 4.87. The molecule has 0 aliphatic heterocycles. The molecule has 0 saturated heterocycles.